The molecule has 2 aromatic rings. The van der Waals surface area contributed by atoms with Crippen LogP contribution in [0.3, 0.4) is 0 Å². The highest BCUT2D eigenvalue weighted by atomic mass is 35.5. The molecule has 1 aromatic carbocycles. The van der Waals surface area contributed by atoms with Crippen LogP contribution in [0.4, 0.5) is 15.9 Å². The Hall–Kier alpha value is -2.72. The minimum atomic E-state index is -0.593. The first-order valence-corrected chi connectivity index (χ1v) is 9.28. The van der Waals surface area contributed by atoms with E-state index in [4.69, 9.17) is 11.6 Å². The fourth-order valence-electron chi connectivity index (χ4n) is 3.27. The number of nitrogens with zero attached hydrogens (tertiary/aromatic N) is 3. The molecule has 0 amide bonds. The molecule has 6 nitrogen and oxygen atoms in total. The van der Waals surface area contributed by atoms with E-state index in [1.807, 2.05) is 6.92 Å². The Morgan fingerprint density at radius 1 is 1.39 bits per heavy atom. The molecule has 0 saturated carbocycles. The minimum Gasteiger partial charge on any atom is -0.338 e. The van der Waals surface area contributed by atoms with Gasteiger partial charge in [0.05, 0.1) is 28.6 Å². The molecule has 0 spiro atoms. The van der Waals surface area contributed by atoms with Crippen LogP contribution in [0.5, 0.6) is 0 Å². The zero-order chi connectivity index (χ0) is 21.0. The van der Waals surface area contributed by atoms with Crippen LogP contribution in [0.25, 0.3) is 0 Å². The number of rotatable bonds is 8. The summed E-state index contributed by atoms with van der Waals surface area (Å²) in [4.78, 5) is 23.8. The van der Waals surface area contributed by atoms with Crippen molar-refractivity contribution in [1.82, 2.24) is 9.78 Å². The predicted octanol–water partition coefficient (Wildman–Crippen LogP) is 5.00. The van der Waals surface area contributed by atoms with Crippen molar-refractivity contribution in [3.8, 4) is 6.07 Å². The maximum atomic E-state index is 13.7. The van der Waals surface area contributed by atoms with Gasteiger partial charge in [-0.2, -0.15) is 10.4 Å². The van der Waals surface area contributed by atoms with Crippen LogP contribution in [-0.2, 0) is 4.79 Å². The molecule has 1 N–H and O–H groups in total. The molecule has 1 aromatic heterocycles. The summed E-state index contributed by atoms with van der Waals surface area (Å²) >= 11 is 5.71. The number of hydrogen-bond donors (Lipinski definition) is 1. The van der Waals surface area contributed by atoms with Gasteiger partial charge in [-0.05, 0) is 45.4 Å². The van der Waals surface area contributed by atoms with Crippen molar-refractivity contribution in [3.63, 3.8) is 0 Å². The third kappa shape index (κ3) is 4.57. The molecule has 148 valence electrons. The monoisotopic (exact) mass is 404 g/mol. The summed E-state index contributed by atoms with van der Waals surface area (Å²) in [5.74, 6) is -1.19. The quantitative estimate of drug-likeness (QED) is 0.625. The van der Waals surface area contributed by atoms with Gasteiger partial charge >= 0.3 is 0 Å². The number of nitrogens with one attached hydrogen (secondary N) is 1. The lowest BCUT2D eigenvalue weighted by Gasteiger charge is -2.21. The predicted molar refractivity (Wildman–Crippen MR) is 105 cm³/mol. The van der Waals surface area contributed by atoms with Crippen molar-refractivity contribution >= 4 is 34.7 Å². The summed E-state index contributed by atoms with van der Waals surface area (Å²) in [5, 5.41) is 17.0. The average molecular weight is 405 g/mol. The fraction of sp³-hybridized carbons (Fsp3) is 0.400. The highest BCUT2D eigenvalue weighted by Gasteiger charge is 2.28. The first-order chi connectivity index (χ1) is 13.2. The van der Waals surface area contributed by atoms with Crippen molar-refractivity contribution in [2.45, 2.75) is 46.6 Å². The zero-order valence-electron chi connectivity index (χ0n) is 16.2. The van der Waals surface area contributed by atoms with Gasteiger partial charge in [-0.1, -0.05) is 18.5 Å². The van der Waals surface area contributed by atoms with Crippen molar-refractivity contribution in [2.75, 3.05) is 5.32 Å². The lowest BCUT2D eigenvalue weighted by molar-refractivity contribution is -0.117. The maximum Gasteiger partial charge on any atom is 0.165 e. The largest absolute Gasteiger partial charge is 0.338 e. The fourth-order valence-corrected chi connectivity index (χ4v) is 3.38. The van der Waals surface area contributed by atoms with Crippen LogP contribution in [0, 0.1) is 30.0 Å². The number of hydrogen-bond acceptors (Lipinski definition) is 5. The molecule has 28 heavy (non-hydrogen) atoms. The van der Waals surface area contributed by atoms with Gasteiger partial charge < -0.3 is 5.32 Å². The van der Waals surface area contributed by atoms with Gasteiger partial charge in [-0.15, -0.1) is 0 Å². The highest BCUT2D eigenvalue weighted by Crippen LogP contribution is 2.32. The first kappa shape index (κ1) is 21.6. The number of halogens is 2. The number of Topliss-reactive ketones (excluding diaryl/α,β-unsaturated/α-hetero) is 2. The van der Waals surface area contributed by atoms with Crippen molar-refractivity contribution in [3.05, 3.63) is 40.3 Å². The summed E-state index contributed by atoms with van der Waals surface area (Å²) < 4.78 is 15.4. The SMILES string of the molecule is CC[C@@H]([C@@H](C#N)CC(C)=O)n1nc(Nc2ccc(Cl)c(F)c2)c(C(C)=O)c1C. The van der Waals surface area contributed by atoms with Crippen LogP contribution in [0.2, 0.25) is 5.02 Å². The summed E-state index contributed by atoms with van der Waals surface area (Å²) in [6.45, 7) is 6.49. The van der Waals surface area contributed by atoms with Gasteiger partial charge in [0, 0.05) is 17.8 Å². The van der Waals surface area contributed by atoms with Crippen LogP contribution in [0.15, 0.2) is 18.2 Å². The van der Waals surface area contributed by atoms with E-state index in [9.17, 15) is 19.2 Å². The number of carbonyl (C=O) groups excluding carboxylic acids is 2. The Kier molecular flexibility index (Phi) is 6.92. The van der Waals surface area contributed by atoms with E-state index in [2.05, 4.69) is 16.5 Å². The number of carbonyl (C=O) groups is 2. The van der Waals surface area contributed by atoms with E-state index in [0.717, 1.165) is 0 Å². The summed E-state index contributed by atoms with van der Waals surface area (Å²) in [5.41, 5.74) is 1.33. The average Bonchev–Trinajstić information content (AvgIpc) is 2.93. The smallest absolute Gasteiger partial charge is 0.165 e. The van der Waals surface area contributed by atoms with Gasteiger partial charge in [-0.25, -0.2) is 4.39 Å². The summed E-state index contributed by atoms with van der Waals surface area (Å²) in [7, 11) is 0. The molecule has 0 aliphatic rings. The highest BCUT2D eigenvalue weighted by molar-refractivity contribution is 6.30. The maximum absolute atomic E-state index is 13.7. The third-order valence-corrected chi connectivity index (χ3v) is 4.86. The molecule has 1 heterocycles. The number of nitriles is 1. The van der Waals surface area contributed by atoms with Crippen molar-refractivity contribution in [2.24, 2.45) is 5.92 Å². The van der Waals surface area contributed by atoms with E-state index in [0.29, 0.717) is 23.4 Å². The normalized spacial score (nSPS) is 12.9. The molecule has 0 aliphatic carbocycles. The van der Waals surface area contributed by atoms with Gasteiger partial charge in [0.15, 0.2) is 11.6 Å². The zero-order valence-corrected chi connectivity index (χ0v) is 17.0. The molecule has 0 fully saturated rings. The lowest BCUT2D eigenvalue weighted by atomic mass is 9.93. The van der Waals surface area contributed by atoms with E-state index in [-0.39, 0.29) is 34.9 Å². The van der Waals surface area contributed by atoms with E-state index in [1.165, 1.54) is 26.0 Å². The van der Waals surface area contributed by atoms with Crippen LogP contribution < -0.4 is 5.32 Å². The van der Waals surface area contributed by atoms with Gasteiger partial charge in [0.2, 0.25) is 0 Å². The van der Waals surface area contributed by atoms with Crippen LogP contribution in [0.1, 0.15) is 55.7 Å². The number of aromatic nitrogens is 2. The number of anilines is 2. The standard InChI is InChI=1S/C20H22ClFN4O2/c1-5-18(14(10-23)8-11(2)27)26-12(3)19(13(4)28)20(25-26)24-15-6-7-16(21)17(22)9-15/h6-7,9,14,18H,5,8H2,1-4H3,(H,24,25)/t14-,18+/m1/s1. The Balaban J connectivity index is 2.50. The topological polar surface area (TPSA) is 87.8 Å². The minimum absolute atomic E-state index is 0.00815. The van der Waals surface area contributed by atoms with E-state index in [1.54, 1.807) is 17.7 Å². The van der Waals surface area contributed by atoms with Gasteiger partial charge in [0.25, 0.3) is 0 Å². The van der Waals surface area contributed by atoms with Gasteiger partial charge in [-0.3, -0.25) is 14.3 Å². The number of ketones is 2. The van der Waals surface area contributed by atoms with Crippen LogP contribution >= 0.6 is 11.6 Å². The third-order valence-electron chi connectivity index (χ3n) is 4.55. The second-order valence-corrected chi connectivity index (χ2v) is 7.09. The molecule has 0 saturated heterocycles. The Labute approximate surface area is 168 Å². The van der Waals surface area contributed by atoms with E-state index < -0.39 is 11.7 Å². The second kappa shape index (κ2) is 8.98. The summed E-state index contributed by atoms with van der Waals surface area (Å²) in [6, 6.07) is 6.01. The van der Waals surface area contributed by atoms with Crippen molar-refractivity contribution in [1.29, 1.82) is 5.26 Å². The Bertz CT molecular complexity index is 948. The van der Waals surface area contributed by atoms with Crippen LogP contribution in [-0.4, -0.2) is 21.3 Å². The number of benzene rings is 1. The summed E-state index contributed by atoms with van der Waals surface area (Å²) in [6.07, 6.45) is 0.662. The first-order valence-electron chi connectivity index (χ1n) is 8.90. The molecular weight excluding hydrogens is 383 g/mol. The van der Waals surface area contributed by atoms with E-state index >= 15 is 0 Å². The van der Waals surface area contributed by atoms with Crippen molar-refractivity contribution < 1.29 is 14.0 Å². The van der Waals surface area contributed by atoms with Gasteiger partial charge in [0.1, 0.15) is 11.6 Å². The second-order valence-electron chi connectivity index (χ2n) is 6.68. The molecule has 2 rings (SSSR count). The molecule has 2 atom stereocenters. The molecule has 0 radical (unpaired) electrons. The molecule has 0 unspecified atom stereocenters. The molecule has 8 heteroatoms. The Morgan fingerprint density at radius 2 is 2.07 bits per heavy atom. The molecular formula is C20H22ClFN4O2. The molecule has 0 aliphatic heterocycles. The molecule has 0 bridgehead atoms. The lowest BCUT2D eigenvalue weighted by Crippen LogP contribution is -2.22. The Morgan fingerprint density at radius 3 is 2.57 bits per heavy atom.